The van der Waals surface area contributed by atoms with Crippen molar-refractivity contribution < 1.29 is 33.1 Å². The predicted molar refractivity (Wildman–Crippen MR) is 125 cm³/mol. The lowest BCUT2D eigenvalue weighted by molar-refractivity contribution is -0.117. The molecule has 0 bridgehead atoms. The van der Waals surface area contributed by atoms with E-state index in [4.69, 9.17) is 23.5 Å². The van der Waals surface area contributed by atoms with E-state index < -0.39 is 5.97 Å². The minimum atomic E-state index is -0.695. The predicted octanol–water partition coefficient (Wildman–Crippen LogP) is 4.10. The maximum absolute atomic E-state index is 13.0. The molecule has 1 heterocycles. The molecule has 3 aromatic rings. The van der Waals surface area contributed by atoms with Crippen molar-refractivity contribution in [2.75, 3.05) is 26.1 Å². The third-order valence-electron chi connectivity index (χ3n) is 5.67. The number of hydrogen-bond acceptors (Lipinski definition) is 9. The maximum atomic E-state index is 13.0. The third-order valence-corrected chi connectivity index (χ3v) is 5.67. The molecule has 1 saturated carbocycles. The fourth-order valence-corrected chi connectivity index (χ4v) is 3.62. The van der Waals surface area contributed by atoms with E-state index in [9.17, 15) is 9.59 Å². The van der Waals surface area contributed by atoms with E-state index in [1.165, 1.54) is 26.4 Å². The van der Waals surface area contributed by atoms with Gasteiger partial charge in [0.1, 0.15) is 5.75 Å². The van der Waals surface area contributed by atoms with Crippen molar-refractivity contribution in [3.05, 3.63) is 47.9 Å². The van der Waals surface area contributed by atoms with Crippen molar-refractivity contribution in [1.29, 1.82) is 0 Å². The number of benzene rings is 2. The normalized spacial score (nSPS) is 16.3. The van der Waals surface area contributed by atoms with Gasteiger partial charge >= 0.3 is 5.97 Å². The van der Waals surface area contributed by atoms with Gasteiger partial charge in [-0.3, -0.25) is 4.79 Å². The molecule has 10 heteroatoms. The Bertz CT molecular complexity index is 1220. The monoisotopic (exact) mass is 481 g/mol. The van der Waals surface area contributed by atoms with E-state index in [-0.39, 0.29) is 35.6 Å². The lowest BCUT2D eigenvalue weighted by Gasteiger charge is -2.15. The van der Waals surface area contributed by atoms with Gasteiger partial charge in [0, 0.05) is 18.1 Å². The largest absolute Gasteiger partial charge is 0.493 e. The smallest absolute Gasteiger partial charge is 0.340 e. The van der Waals surface area contributed by atoms with Crippen LogP contribution in [0.2, 0.25) is 0 Å². The van der Waals surface area contributed by atoms with Crippen molar-refractivity contribution >= 4 is 17.6 Å². The Labute approximate surface area is 202 Å². The molecule has 1 fully saturated rings. The number of amides is 1. The van der Waals surface area contributed by atoms with E-state index in [1.807, 2.05) is 38.1 Å². The van der Waals surface area contributed by atoms with Crippen LogP contribution in [0.15, 0.2) is 40.9 Å². The number of nitrogens with zero attached hydrogens (tertiary/aromatic N) is 2. The van der Waals surface area contributed by atoms with Crippen LogP contribution < -0.4 is 19.5 Å². The van der Waals surface area contributed by atoms with Gasteiger partial charge in [-0.1, -0.05) is 24.2 Å². The molecule has 1 amide bonds. The molecule has 1 aliphatic carbocycles. The van der Waals surface area contributed by atoms with E-state index in [0.29, 0.717) is 41.2 Å². The van der Waals surface area contributed by atoms with E-state index in [2.05, 4.69) is 15.5 Å². The highest BCUT2D eigenvalue weighted by Gasteiger charge is 2.39. The average molecular weight is 482 g/mol. The fraction of sp³-hybridized carbons (Fsp3) is 0.360. The topological polar surface area (TPSA) is 122 Å². The van der Waals surface area contributed by atoms with E-state index in [1.54, 1.807) is 0 Å². The molecular weight excluding hydrogens is 454 g/mol. The number of methoxy groups -OCH3 is 2. The number of nitrogens with one attached hydrogen (secondary N) is 1. The van der Waals surface area contributed by atoms with Crippen molar-refractivity contribution in [1.82, 2.24) is 10.1 Å². The minimum absolute atomic E-state index is 0.0802. The number of esters is 1. The Morgan fingerprint density at radius 2 is 1.83 bits per heavy atom. The highest BCUT2D eigenvalue weighted by Crippen LogP contribution is 2.40. The Kier molecular flexibility index (Phi) is 7.19. The summed E-state index contributed by atoms with van der Waals surface area (Å²) in [6, 6.07) is 10.3. The number of ether oxygens (including phenoxy) is 4. The van der Waals surface area contributed by atoms with Crippen LogP contribution in [-0.4, -0.2) is 42.8 Å². The lowest BCUT2D eigenvalue weighted by Crippen LogP contribution is -2.18. The van der Waals surface area contributed by atoms with Gasteiger partial charge in [-0.2, -0.15) is 4.98 Å². The molecule has 0 saturated heterocycles. The summed E-state index contributed by atoms with van der Waals surface area (Å²) in [5.41, 5.74) is 1.05. The van der Waals surface area contributed by atoms with E-state index >= 15 is 0 Å². The van der Waals surface area contributed by atoms with Crippen molar-refractivity contribution in [2.45, 2.75) is 26.9 Å². The number of anilines is 1. The van der Waals surface area contributed by atoms with Crippen LogP contribution in [0, 0.1) is 11.8 Å². The molecule has 1 aliphatic rings. The first-order valence-electron chi connectivity index (χ1n) is 11.2. The molecule has 1 aromatic heterocycles. The molecule has 4 rings (SSSR count). The van der Waals surface area contributed by atoms with Crippen molar-refractivity contribution in [3.63, 3.8) is 0 Å². The van der Waals surface area contributed by atoms with Gasteiger partial charge < -0.3 is 28.8 Å². The zero-order chi connectivity index (χ0) is 24.9. The van der Waals surface area contributed by atoms with Crippen LogP contribution in [0.3, 0.4) is 0 Å². The van der Waals surface area contributed by atoms with Gasteiger partial charge in [0.25, 0.3) is 5.89 Å². The number of carbonyl (C=O) groups excluding carboxylic acids is 2. The van der Waals surface area contributed by atoms with Crippen molar-refractivity contribution in [2.24, 2.45) is 11.8 Å². The number of aromatic nitrogens is 2. The summed E-state index contributed by atoms with van der Waals surface area (Å²) in [5.74, 6) is 1.12. The first-order chi connectivity index (χ1) is 16.9. The van der Waals surface area contributed by atoms with Crippen LogP contribution in [0.25, 0.3) is 11.4 Å². The summed E-state index contributed by atoms with van der Waals surface area (Å²) in [5, 5.41) is 6.78. The highest BCUT2D eigenvalue weighted by molar-refractivity contribution is 6.03. The second-order valence-corrected chi connectivity index (χ2v) is 8.08. The van der Waals surface area contributed by atoms with Gasteiger partial charge in [-0.05, 0) is 31.4 Å². The van der Waals surface area contributed by atoms with Gasteiger partial charge in [-0.25, -0.2) is 4.79 Å². The van der Waals surface area contributed by atoms with Gasteiger partial charge in [0.2, 0.25) is 11.7 Å². The standard InChI is InChI=1S/C25H27N3O7/c1-5-33-19-9-7-6-8-15(19)23-27-22(35-28-23)13-34-25(30)17-11-20(31-3)21(32-4)12-18(17)26-24(29)16-10-14(16)2/h6-9,11-12,14,16H,5,10,13H2,1-4H3,(H,26,29). The Hall–Kier alpha value is -4.08. The van der Waals surface area contributed by atoms with Crippen LogP contribution in [0.5, 0.6) is 17.2 Å². The highest BCUT2D eigenvalue weighted by atomic mass is 16.6. The van der Waals surface area contributed by atoms with Crippen LogP contribution in [0.1, 0.15) is 36.5 Å². The number of carbonyl (C=O) groups is 2. The summed E-state index contributed by atoms with van der Waals surface area (Å²) in [4.78, 5) is 29.8. The third kappa shape index (κ3) is 5.37. The summed E-state index contributed by atoms with van der Waals surface area (Å²) < 4.78 is 26.9. The molecule has 10 nitrogen and oxygen atoms in total. The zero-order valence-corrected chi connectivity index (χ0v) is 20.0. The summed E-state index contributed by atoms with van der Waals surface area (Å²) in [6.07, 6.45) is 0.810. The van der Waals surface area contributed by atoms with Crippen LogP contribution in [0.4, 0.5) is 5.69 Å². The first kappa shape index (κ1) is 24.1. The second kappa shape index (κ2) is 10.5. The van der Waals surface area contributed by atoms with Gasteiger partial charge in [-0.15, -0.1) is 0 Å². The molecule has 2 atom stereocenters. The Morgan fingerprint density at radius 3 is 2.51 bits per heavy atom. The number of hydrogen-bond donors (Lipinski definition) is 1. The second-order valence-electron chi connectivity index (χ2n) is 8.08. The molecule has 0 radical (unpaired) electrons. The van der Waals surface area contributed by atoms with E-state index in [0.717, 1.165) is 6.42 Å². The number of rotatable bonds is 10. The van der Waals surface area contributed by atoms with Crippen molar-refractivity contribution in [3.8, 4) is 28.6 Å². The molecule has 184 valence electrons. The first-order valence-corrected chi connectivity index (χ1v) is 11.2. The van der Waals surface area contributed by atoms with Gasteiger partial charge in [0.15, 0.2) is 18.1 Å². The Morgan fingerprint density at radius 1 is 1.11 bits per heavy atom. The molecular formula is C25H27N3O7. The molecule has 2 aromatic carbocycles. The molecule has 1 N–H and O–H groups in total. The molecule has 35 heavy (non-hydrogen) atoms. The molecule has 0 spiro atoms. The average Bonchev–Trinajstić information content (AvgIpc) is 3.42. The summed E-state index contributed by atoms with van der Waals surface area (Å²) >= 11 is 0. The molecule has 0 aliphatic heterocycles. The van der Waals surface area contributed by atoms with Crippen LogP contribution >= 0.6 is 0 Å². The van der Waals surface area contributed by atoms with Gasteiger partial charge in [0.05, 0.1) is 37.6 Å². The molecule has 2 unspecified atom stereocenters. The summed E-state index contributed by atoms with van der Waals surface area (Å²) in [6.45, 7) is 4.11. The Balaban J connectivity index is 1.51. The number of para-hydroxylation sites is 1. The fourth-order valence-electron chi connectivity index (χ4n) is 3.62. The lowest BCUT2D eigenvalue weighted by atomic mass is 10.1. The maximum Gasteiger partial charge on any atom is 0.340 e. The quantitative estimate of drug-likeness (QED) is 0.426. The SMILES string of the molecule is CCOc1ccccc1-c1noc(COC(=O)c2cc(OC)c(OC)cc2NC(=O)C2CC2C)n1. The summed E-state index contributed by atoms with van der Waals surface area (Å²) in [7, 11) is 2.93. The minimum Gasteiger partial charge on any atom is -0.493 e. The van der Waals surface area contributed by atoms with Crippen LogP contribution in [-0.2, 0) is 16.1 Å². The zero-order valence-electron chi connectivity index (χ0n) is 20.0.